The standard InChI is InChI=1S/C25H35N3O5S/c1-7-13-26-25(30)20(4)27(16-21-9-8-10-22(15-21)33-5)24(29)17-28(34(6,31)32)23-14-18(2)11-12-19(23)3/h8-12,14-15,20H,7,13,16-17H2,1-6H3,(H,26,30). The Bertz CT molecular complexity index is 1120. The van der Waals surface area contributed by atoms with Gasteiger partial charge in [-0.2, -0.15) is 0 Å². The van der Waals surface area contributed by atoms with E-state index < -0.39 is 28.5 Å². The maximum absolute atomic E-state index is 13.6. The number of sulfonamides is 1. The lowest BCUT2D eigenvalue weighted by Gasteiger charge is -2.32. The van der Waals surface area contributed by atoms with Crippen molar-refractivity contribution in [1.29, 1.82) is 0 Å². The molecule has 0 saturated heterocycles. The fourth-order valence-electron chi connectivity index (χ4n) is 3.53. The Morgan fingerprint density at radius 2 is 1.82 bits per heavy atom. The SMILES string of the molecule is CCCNC(=O)C(C)N(Cc1cccc(OC)c1)C(=O)CN(c1cc(C)ccc1C)S(C)(=O)=O. The molecule has 0 fully saturated rings. The number of hydrogen-bond acceptors (Lipinski definition) is 5. The Hall–Kier alpha value is -3.07. The molecule has 0 spiro atoms. The number of hydrogen-bond donors (Lipinski definition) is 1. The summed E-state index contributed by atoms with van der Waals surface area (Å²) in [6, 6.07) is 11.9. The smallest absolute Gasteiger partial charge is 0.244 e. The monoisotopic (exact) mass is 489 g/mol. The van der Waals surface area contributed by atoms with Crippen LogP contribution in [0.1, 0.15) is 37.0 Å². The zero-order valence-corrected chi connectivity index (χ0v) is 21.6. The minimum absolute atomic E-state index is 0.126. The fraction of sp³-hybridized carbons (Fsp3) is 0.440. The number of nitrogens with zero attached hydrogens (tertiary/aromatic N) is 2. The first-order valence-electron chi connectivity index (χ1n) is 11.2. The lowest BCUT2D eigenvalue weighted by molar-refractivity contribution is -0.139. The van der Waals surface area contributed by atoms with Gasteiger partial charge in [-0.1, -0.05) is 31.2 Å². The predicted molar refractivity (Wildman–Crippen MR) is 134 cm³/mol. The van der Waals surface area contributed by atoms with Crippen molar-refractivity contribution in [3.63, 3.8) is 0 Å². The van der Waals surface area contributed by atoms with E-state index in [1.54, 1.807) is 45.2 Å². The van der Waals surface area contributed by atoms with E-state index in [1.807, 2.05) is 32.0 Å². The minimum atomic E-state index is -3.76. The van der Waals surface area contributed by atoms with Crippen LogP contribution in [-0.4, -0.2) is 57.6 Å². The molecule has 0 aromatic heterocycles. The molecule has 186 valence electrons. The first-order chi connectivity index (χ1) is 16.0. The summed E-state index contributed by atoms with van der Waals surface area (Å²) in [7, 11) is -2.21. The van der Waals surface area contributed by atoms with Gasteiger partial charge in [0, 0.05) is 13.1 Å². The van der Waals surface area contributed by atoms with Crippen molar-refractivity contribution in [2.24, 2.45) is 0 Å². The second-order valence-corrected chi connectivity index (χ2v) is 10.3. The van der Waals surface area contributed by atoms with Gasteiger partial charge in [0.2, 0.25) is 21.8 Å². The summed E-state index contributed by atoms with van der Waals surface area (Å²) < 4.78 is 31.8. The van der Waals surface area contributed by atoms with Gasteiger partial charge in [0.1, 0.15) is 18.3 Å². The van der Waals surface area contributed by atoms with Crippen molar-refractivity contribution >= 4 is 27.5 Å². The van der Waals surface area contributed by atoms with Crippen LogP contribution in [0.4, 0.5) is 5.69 Å². The van der Waals surface area contributed by atoms with E-state index in [0.29, 0.717) is 18.0 Å². The number of rotatable bonds is 11. The second-order valence-electron chi connectivity index (χ2n) is 8.40. The Morgan fingerprint density at radius 1 is 1.12 bits per heavy atom. The van der Waals surface area contributed by atoms with Gasteiger partial charge >= 0.3 is 0 Å². The van der Waals surface area contributed by atoms with Gasteiger partial charge in [-0.3, -0.25) is 13.9 Å². The number of amides is 2. The third-order valence-corrected chi connectivity index (χ3v) is 6.64. The van der Waals surface area contributed by atoms with Crippen molar-refractivity contribution < 1.29 is 22.7 Å². The Labute approximate surface area is 202 Å². The molecule has 0 aliphatic heterocycles. The molecule has 8 nitrogen and oxygen atoms in total. The van der Waals surface area contributed by atoms with Crippen molar-refractivity contribution in [3.8, 4) is 5.75 Å². The van der Waals surface area contributed by atoms with E-state index in [1.165, 1.54) is 4.90 Å². The largest absolute Gasteiger partial charge is 0.497 e. The predicted octanol–water partition coefficient (Wildman–Crippen LogP) is 3.02. The highest BCUT2D eigenvalue weighted by Gasteiger charge is 2.30. The maximum Gasteiger partial charge on any atom is 0.244 e. The first-order valence-corrected chi connectivity index (χ1v) is 13.1. The van der Waals surface area contributed by atoms with Crippen LogP contribution in [0.3, 0.4) is 0 Å². The van der Waals surface area contributed by atoms with Crippen LogP contribution >= 0.6 is 0 Å². The third kappa shape index (κ3) is 7.21. The molecule has 2 aromatic rings. The lowest BCUT2D eigenvalue weighted by Crippen LogP contribution is -2.51. The topological polar surface area (TPSA) is 96.0 Å². The Kier molecular flexibility index (Phi) is 9.49. The molecule has 0 aliphatic rings. The van der Waals surface area contributed by atoms with Gasteiger partial charge in [0.25, 0.3) is 0 Å². The highest BCUT2D eigenvalue weighted by molar-refractivity contribution is 7.92. The molecule has 0 heterocycles. The van der Waals surface area contributed by atoms with Crippen LogP contribution in [0, 0.1) is 13.8 Å². The van der Waals surface area contributed by atoms with Crippen LogP contribution in [0.5, 0.6) is 5.75 Å². The highest BCUT2D eigenvalue weighted by atomic mass is 32.2. The average Bonchev–Trinajstić information content (AvgIpc) is 2.79. The Balaban J connectivity index is 2.43. The summed E-state index contributed by atoms with van der Waals surface area (Å²) in [6.07, 6.45) is 1.84. The number of benzene rings is 2. The zero-order chi connectivity index (χ0) is 25.5. The van der Waals surface area contributed by atoms with Crippen molar-refractivity contribution in [3.05, 3.63) is 59.2 Å². The van der Waals surface area contributed by atoms with Crippen LogP contribution in [0.2, 0.25) is 0 Å². The van der Waals surface area contributed by atoms with E-state index in [4.69, 9.17) is 4.74 Å². The van der Waals surface area contributed by atoms with E-state index in [-0.39, 0.29) is 12.5 Å². The quantitative estimate of drug-likeness (QED) is 0.523. The molecule has 2 rings (SSSR count). The molecule has 1 atom stereocenters. The Morgan fingerprint density at radius 3 is 2.44 bits per heavy atom. The first kappa shape index (κ1) is 27.2. The molecule has 0 radical (unpaired) electrons. The zero-order valence-electron chi connectivity index (χ0n) is 20.8. The van der Waals surface area contributed by atoms with Crippen LogP contribution in [-0.2, 0) is 26.2 Å². The summed E-state index contributed by atoms with van der Waals surface area (Å²) in [4.78, 5) is 27.7. The maximum atomic E-state index is 13.6. The molecule has 0 bridgehead atoms. The molecule has 0 aliphatic carbocycles. The fourth-order valence-corrected chi connectivity index (χ4v) is 4.43. The van der Waals surface area contributed by atoms with Crippen molar-refractivity contribution in [2.45, 2.75) is 46.7 Å². The van der Waals surface area contributed by atoms with Crippen molar-refractivity contribution in [2.75, 3.05) is 30.8 Å². The van der Waals surface area contributed by atoms with Gasteiger partial charge < -0.3 is 15.0 Å². The number of carbonyl (C=O) groups is 2. The van der Waals surface area contributed by atoms with Gasteiger partial charge in [-0.25, -0.2) is 8.42 Å². The van der Waals surface area contributed by atoms with Gasteiger partial charge in [0.05, 0.1) is 19.1 Å². The van der Waals surface area contributed by atoms with Crippen LogP contribution in [0.15, 0.2) is 42.5 Å². The number of carbonyl (C=O) groups excluding carboxylic acids is 2. The van der Waals surface area contributed by atoms with E-state index in [9.17, 15) is 18.0 Å². The van der Waals surface area contributed by atoms with Crippen LogP contribution < -0.4 is 14.4 Å². The third-order valence-electron chi connectivity index (χ3n) is 5.52. The molecular weight excluding hydrogens is 454 g/mol. The molecule has 34 heavy (non-hydrogen) atoms. The summed E-state index contributed by atoms with van der Waals surface area (Å²) in [5.74, 6) is -0.148. The molecular formula is C25H35N3O5S. The molecule has 2 amide bonds. The van der Waals surface area contributed by atoms with Gasteiger partial charge in [-0.15, -0.1) is 0 Å². The highest BCUT2D eigenvalue weighted by Crippen LogP contribution is 2.25. The number of methoxy groups -OCH3 is 1. The van der Waals surface area contributed by atoms with E-state index in [2.05, 4.69) is 5.32 Å². The summed E-state index contributed by atoms with van der Waals surface area (Å²) in [5.41, 5.74) is 2.82. The number of ether oxygens (including phenoxy) is 1. The summed E-state index contributed by atoms with van der Waals surface area (Å²) in [5, 5.41) is 2.82. The molecule has 2 aromatic carbocycles. The summed E-state index contributed by atoms with van der Waals surface area (Å²) in [6.45, 7) is 7.44. The van der Waals surface area contributed by atoms with Gasteiger partial charge in [0.15, 0.2) is 0 Å². The number of aryl methyl sites for hydroxylation is 2. The van der Waals surface area contributed by atoms with Gasteiger partial charge in [-0.05, 0) is 62.1 Å². The van der Waals surface area contributed by atoms with Crippen molar-refractivity contribution in [1.82, 2.24) is 10.2 Å². The van der Waals surface area contributed by atoms with E-state index >= 15 is 0 Å². The van der Waals surface area contributed by atoms with E-state index in [0.717, 1.165) is 33.7 Å². The normalized spacial score (nSPS) is 12.1. The number of nitrogens with one attached hydrogen (secondary N) is 1. The molecule has 0 saturated carbocycles. The van der Waals surface area contributed by atoms with Crippen LogP contribution in [0.25, 0.3) is 0 Å². The average molecular weight is 490 g/mol. The minimum Gasteiger partial charge on any atom is -0.497 e. The molecule has 1 unspecified atom stereocenters. The second kappa shape index (κ2) is 11.9. The number of anilines is 1. The lowest BCUT2D eigenvalue weighted by atomic mass is 10.1. The molecule has 9 heteroatoms. The molecule has 1 N–H and O–H groups in total. The summed E-state index contributed by atoms with van der Waals surface area (Å²) >= 11 is 0.